The van der Waals surface area contributed by atoms with Gasteiger partial charge in [0.2, 0.25) is 5.76 Å². The third-order valence-electron chi connectivity index (χ3n) is 2.44. The van der Waals surface area contributed by atoms with E-state index in [1.165, 1.54) is 6.26 Å². The van der Waals surface area contributed by atoms with Crippen LogP contribution in [0.2, 0.25) is 5.02 Å². The standard InChI is InChI=1S/C10H13ClN2O2/c11-8-2-7-15-9(8)10(14)13-5-1-3-12-4-6-13/h2,7,12H,1,3-6H2. The maximum absolute atomic E-state index is 12.0. The van der Waals surface area contributed by atoms with Gasteiger partial charge in [0.05, 0.1) is 11.3 Å². The molecule has 0 bridgehead atoms. The molecular weight excluding hydrogens is 216 g/mol. The molecule has 0 saturated carbocycles. The largest absolute Gasteiger partial charge is 0.458 e. The second-order valence-corrected chi connectivity index (χ2v) is 3.90. The Kier molecular flexibility index (Phi) is 3.28. The van der Waals surface area contributed by atoms with Crippen LogP contribution in [0.4, 0.5) is 0 Å². The van der Waals surface area contributed by atoms with Crippen molar-refractivity contribution >= 4 is 17.5 Å². The van der Waals surface area contributed by atoms with Gasteiger partial charge in [0, 0.05) is 19.6 Å². The van der Waals surface area contributed by atoms with E-state index in [1.54, 1.807) is 11.0 Å². The Morgan fingerprint density at radius 2 is 2.33 bits per heavy atom. The van der Waals surface area contributed by atoms with Gasteiger partial charge in [0.15, 0.2) is 0 Å². The van der Waals surface area contributed by atoms with E-state index in [9.17, 15) is 4.79 Å². The molecule has 1 aliphatic rings. The van der Waals surface area contributed by atoms with E-state index < -0.39 is 0 Å². The van der Waals surface area contributed by atoms with Crippen LogP contribution < -0.4 is 5.32 Å². The lowest BCUT2D eigenvalue weighted by atomic mass is 10.3. The molecule has 2 rings (SSSR count). The van der Waals surface area contributed by atoms with Crippen molar-refractivity contribution in [3.63, 3.8) is 0 Å². The number of hydrogen-bond donors (Lipinski definition) is 1. The maximum Gasteiger partial charge on any atom is 0.291 e. The molecule has 0 spiro atoms. The summed E-state index contributed by atoms with van der Waals surface area (Å²) in [7, 11) is 0. The first-order chi connectivity index (χ1) is 7.29. The number of hydrogen-bond acceptors (Lipinski definition) is 3. The molecule has 0 aromatic carbocycles. The Balaban J connectivity index is 2.09. The van der Waals surface area contributed by atoms with Crippen molar-refractivity contribution in [2.75, 3.05) is 26.2 Å². The van der Waals surface area contributed by atoms with E-state index in [0.29, 0.717) is 11.6 Å². The molecule has 1 amide bonds. The fraction of sp³-hybridized carbons (Fsp3) is 0.500. The molecule has 1 aliphatic heterocycles. The molecule has 15 heavy (non-hydrogen) atoms. The summed E-state index contributed by atoms with van der Waals surface area (Å²) in [5.41, 5.74) is 0. The number of amides is 1. The molecule has 1 aromatic heterocycles. The van der Waals surface area contributed by atoms with E-state index in [2.05, 4.69) is 5.32 Å². The van der Waals surface area contributed by atoms with Gasteiger partial charge < -0.3 is 14.6 Å². The number of furan rings is 1. The minimum absolute atomic E-state index is 0.117. The minimum Gasteiger partial charge on any atom is -0.458 e. The molecule has 1 saturated heterocycles. The summed E-state index contributed by atoms with van der Waals surface area (Å²) in [6, 6.07) is 1.59. The van der Waals surface area contributed by atoms with Crippen LogP contribution in [-0.4, -0.2) is 37.0 Å². The third-order valence-corrected chi connectivity index (χ3v) is 2.74. The molecule has 2 heterocycles. The Morgan fingerprint density at radius 1 is 1.47 bits per heavy atom. The summed E-state index contributed by atoms with van der Waals surface area (Å²) in [4.78, 5) is 13.7. The highest BCUT2D eigenvalue weighted by Gasteiger charge is 2.21. The predicted octanol–water partition coefficient (Wildman–Crippen LogP) is 1.37. The molecule has 4 nitrogen and oxygen atoms in total. The number of carbonyl (C=O) groups is 1. The molecule has 1 fully saturated rings. The van der Waals surface area contributed by atoms with Crippen molar-refractivity contribution in [3.05, 3.63) is 23.1 Å². The zero-order valence-corrected chi connectivity index (χ0v) is 9.09. The van der Waals surface area contributed by atoms with E-state index in [-0.39, 0.29) is 11.7 Å². The van der Waals surface area contributed by atoms with E-state index in [1.807, 2.05) is 0 Å². The normalized spacial score (nSPS) is 17.5. The molecule has 1 N–H and O–H groups in total. The predicted molar refractivity (Wildman–Crippen MR) is 57.1 cm³/mol. The first-order valence-corrected chi connectivity index (χ1v) is 5.40. The lowest BCUT2D eigenvalue weighted by molar-refractivity contribution is 0.0734. The first-order valence-electron chi connectivity index (χ1n) is 5.02. The van der Waals surface area contributed by atoms with E-state index in [0.717, 1.165) is 26.1 Å². The van der Waals surface area contributed by atoms with Crippen molar-refractivity contribution in [3.8, 4) is 0 Å². The van der Waals surface area contributed by atoms with Gasteiger partial charge in [0.25, 0.3) is 5.91 Å². The molecule has 0 unspecified atom stereocenters. The van der Waals surface area contributed by atoms with Crippen molar-refractivity contribution in [2.45, 2.75) is 6.42 Å². The van der Waals surface area contributed by atoms with Gasteiger partial charge in [-0.05, 0) is 19.0 Å². The lowest BCUT2D eigenvalue weighted by Gasteiger charge is -2.18. The number of nitrogens with one attached hydrogen (secondary N) is 1. The van der Waals surface area contributed by atoms with Crippen LogP contribution in [-0.2, 0) is 0 Å². The Bertz CT molecular complexity index is 343. The third kappa shape index (κ3) is 2.33. The fourth-order valence-corrected chi connectivity index (χ4v) is 1.82. The van der Waals surface area contributed by atoms with Crippen LogP contribution in [0.15, 0.2) is 16.7 Å². The molecule has 0 radical (unpaired) electrons. The van der Waals surface area contributed by atoms with Crippen LogP contribution in [0, 0.1) is 0 Å². The highest BCUT2D eigenvalue weighted by molar-refractivity contribution is 6.33. The average molecular weight is 229 g/mol. The highest BCUT2D eigenvalue weighted by atomic mass is 35.5. The summed E-state index contributed by atoms with van der Waals surface area (Å²) in [5, 5.41) is 3.62. The summed E-state index contributed by atoms with van der Waals surface area (Å²) in [5.74, 6) is 0.132. The van der Waals surface area contributed by atoms with Crippen LogP contribution in [0.5, 0.6) is 0 Å². The zero-order valence-electron chi connectivity index (χ0n) is 8.33. The second-order valence-electron chi connectivity index (χ2n) is 3.49. The van der Waals surface area contributed by atoms with Crippen molar-refractivity contribution in [1.82, 2.24) is 10.2 Å². The second kappa shape index (κ2) is 4.68. The summed E-state index contributed by atoms with van der Waals surface area (Å²) < 4.78 is 5.08. The van der Waals surface area contributed by atoms with Gasteiger partial charge in [-0.1, -0.05) is 11.6 Å². The fourth-order valence-electron chi connectivity index (χ4n) is 1.64. The lowest BCUT2D eigenvalue weighted by Crippen LogP contribution is -2.34. The number of carbonyl (C=O) groups excluding carboxylic acids is 1. The number of rotatable bonds is 1. The van der Waals surface area contributed by atoms with Crippen LogP contribution in [0.1, 0.15) is 17.0 Å². The summed E-state index contributed by atoms with van der Waals surface area (Å²) >= 11 is 5.84. The molecule has 5 heteroatoms. The first kappa shape index (κ1) is 10.5. The van der Waals surface area contributed by atoms with Gasteiger partial charge in [-0.15, -0.1) is 0 Å². The topological polar surface area (TPSA) is 45.5 Å². The van der Waals surface area contributed by atoms with E-state index in [4.69, 9.17) is 16.0 Å². The van der Waals surface area contributed by atoms with Gasteiger partial charge in [-0.3, -0.25) is 4.79 Å². The Labute approximate surface area is 93.2 Å². The summed E-state index contributed by atoms with van der Waals surface area (Å²) in [6.07, 6.45) is 2.40. The molecule has 1 aromatic rings. The minimum atomic E-state index is -0.117. The van der Waals surface area contributed by atoms with Crippen molar-refractivity contribution < 1.29 is 9.21 Å². The van der Waals surface area contributed by atoms with Gasteiger partial charge in [-0.2, -0.15) is 0 Å². The number of nitrogens with zero attached hydrogens (tertiary/aromatic N) is 1. The molecule has 82 valence electrons. The number of halogens is 1. The average Bonchev–Trinajstić information content (AvgIpc) is 2.53. The maximum atomic E-state index is 12.0. The summed E-state index contributed by atoms with van der Waals surface area (Å²) in [6.45, 7) is 3.23. The SMILES string of the molecule is O=C(c1occc1Cl)N1CCCNCC1. The zero-order chi connectivity index (χ0) is 10.7. The van der Waals surface area contributed by atoms with Gasteiger partial charge >= 0.3 is 0 Å². The Morgan fingerprint density at radius 3 is 3.07 bits per heavy atom. The molecular formula is C10H13ClN2O2. The van der Waals surface area contributed by atoms with Crippen LogP contribution in [0.3, 0.4) is 0 Å². The van der Waals surface area contributed by atoms with Crippen molar-refractivity contribution in [2.24, 2.45) is 0 Å². The van der Waals surface area contributed by atoms with E-state index >= 15 is 0 Å². The van der Waals surface area contributed by atoms with Crippen LogP contribution >= 0.6 is 11.6 Å². The van der Waals surface area contributed by atoms with Crippen LogP contribution in [0.25, 0.3) is 0 Å². The van der Waals surface area contributed by atoms with Gasteiger partial charge in [0.1, 0.15) is 0 Å². The Hall–Kier alpha value is -1.00. The van der Waals surface area contributed by atoms with Gasteiger partial charge in [-0.25, -0.2) is 0 Å². The molecule has 0 aliphatic carbocycles. The van der Waals surface area contributed by atoms with Crippen molar-refractivity contribution in [1.29, 1.82) is 0 Å². The quantitative estimate of drug-likeness (QED) is 0.790. The molecule has 0 atom stereocenters. The highest BCUT2D eigenvalue weighted by Crippen LogP contribution is 2.18. The smallest absolute Gasteiger partial charge is 0.291 e. The monoisotopic (exact) mass is 228 g/mol.